The number of para-hydroxylation sites is 4. The molecule has 0 fully saturated rings. The summed E-state index contributed by atoms with van der Waals surface area (Å²) in [4.78, 5) is 5.26. The van der Waals surface area contributed by atoms with E-state index in [2.05, 4.69) is 223 Å². The van der Waals surface area contributed by atoms with Gasteiger partial charge in [-0.3, -0.25) is 0 Å². The third kappa shape index (κ3) is 7.76. The third-order valence-electron chi connectivity index (χ3n) is 18.2. The lowest BCUT2D eigenvalue weighted by Crippen LogP contribution is -2.60. The van der Waals surface area contributed by atoms with E-state index in [1.807, 2.05) is 72.0 Å². The topological polar surface area (TPSA) is 59.0 Å². The molecular formula is C77H59BN2O4S2. The quantitative estimate of drug-likeness (QED) is 0.148. The van der Waals surface area contributed by atoms with Crippen LogP contribution in [0.2, 0.25) is 0 Å². The van der Waals surface area contributed by atoms with Crippen molar-refractivity contribution in [3.63, 3.8) is 0 Å². The van der Waals surface area contributed by atoms with Gasteiger partial charge in [0.25, 0.3) is 6.71 Å². The first kappa shape index (κ1) is 51.2. The summed E-state index contributed by atoms with van der Waals surface area (Å²) in [5.41, 5.74) is 23.9. The molecule has 2 aliphatic heterocycles. The van der Waals surface area contributed by atoms with Gasteiger partial charge in [0.05, 0.1) is 35.1 Å². The Bertz CT molecular complexity index is 4790. The van der Waals surface area contributed by atoms with Crippen LogP contribution in [0.25, 0.3) is 109 Å². The molecule has 416 valence electrons. The maximum Gasteiger partial charge on any atom is 0.256 e. The Kier molecular flexibility index (Phi) is 11.1. The van der Waals surface area contributed by atoms with Gasteiger partial charge in [-0.05, 0) is 168 Å². The van der Waals surface area contributed by atoms with Crippen LogP contribution in [-0.2, 0) is 10.8 Å². The van der Waals surface area contributed by atoms with E-state index in [1.54, 1.807) is 0 Å². The molecule has 15 aromatic rings. The summed E-state index contributed by atoms with van der Waals surface area (Å²) in [6.45, 7) is 18.6. The second-order valence-electron chi connectivity index (χ2n) is 25.9. The van der Waals surface area contributed by atoms with Crippen molar-refractivity contribution in [1.82, 2.24) is 0 Å². The summed E-state index contributed by atoms with van der Waals surface area (Å²) in [6.07, 6.45) is 7.73. The molecular weight excluding hydrogens is 1090 g/mol. The Labute approximate surface area is 507 Å². The first-order valence-electron chi connectivity index (χ1n) is 29.8. The van der Waals surface area contributed by atoms with E-state index in [0.717, 1.165) is 99.8 Å². The van der Waals surface area contributed by atoms with E-state index in [1.165, 1.54) is 74.6 Å². The van der Waals surface area contributed by atoms with Crippen molar-refractivity contribution in [3.8, 4) is 44.5 Å². The number of hydrogen-bond donors (Lipinski definition) is 0. The molecule has 2 aliphatic rings. The van der Waals surface area contributed by atoms with Gasteiger partial charge in [0, 0.05) is 75.9 Å². The Balaban J connectivity index is 1.02. The van der Waals surface area contributed by atoms with Crippen LogP contribution in [0.4, 0.5) is 32.8 Å². The molecule has 8 heterocycles. The molecule has 6 nitrogen and oxygen atoms in total. The zero-order chi connectivity index (χ0) is 58.1. The highest BCUT2D eigenvalue weighted by Gasteiger charge is 2.48. The smallest absolute Gasteiger partial charge is 0.256 e. The lowest BCUT2D eigenvalue weighted by Gasteiger charge is -2.43. The van der Waals surface area contributed by atoms with Crippen LogP contribution in [0.15, 0.2) is 225 Å². The molecule has 6 aromatic heterocycles. The van der Waals surface area contributed by atoms with Gasteiger partial charge in [-0.1, -0.05) is 152 Å². The molecule has 0 unspecified atom stereocenters. The number of nitrogens with zero attached hydrogens (tertiary/aromatic N) is 2. The second kappa shape index (κ2) is 18.6. The molecule has 0 spiro atoms. The Morgan fingerprint density at radius 1 is 0.372 bits per heavy atom. The summed E-state index contributed by atoms with van der Waals surface area (Å²) >= 11 is 3.82. The van der Waals surface area contributed by atoms with Crippen molar-refractivity contribution in [2.75, 3.05) is 9.80 Å². The molecule has 0 saturated carbocycles. The van der Waals surface area contributed by atoms with Gasteiger partial charge < -0.3 is 27.5 Å². The van der Waals surface area contributed by atoms with Crippen LogP contribution in [0, 0.1) is 0 Å². The van der Waals surface area contributed by atoms with Gasteiger partial charge in [-0.15, -0.1) is 22.7 Å². The Morgan fingerprint density at radius 3 is 1.03 bits per heavy atom. The summed E-state index contributed by atoms with van der Waals surface area (Å²) in [5, 5.41) is 9.31. The molecule has 0 bridgehead atoms. The van der Waals surface area contributed by atoms with Gasteiger partial charge >= 0.3 is 0 Å². The van der Waals surface area contributed by atoms with Gasteiger partial charge in [-0.2, -0.15) is 0 Å². The second-order valence-corrected chi connectivity index (χ2v) is 28.0. The number of hydrogen-bond acceptors (Lipinski definition) is 8. The van der Waals surface area contributed by atoms with Gasteiger partial charge in [0.2, 0.25) is 0 Å². The minimum absolute atomic E-state index is 0.0921. The number of benzene rings is 9. The summed E-state index contributed by atoms with van der Waals surface area (Å²) in [6, 6.07) is 67.3. The van der Waals surface area contributed by atoms with E-state index >= 15 is 0 Å². The van der Waals surface area contributed by atoms with Crippen LogP contribution in [-0.4, -0.2) is 6.71 Å². The average Bonchev–Trinajstić information content (AvgIpc) is 1.38. The third-order valence-corrected chi connectivity index (χ3v) is 20.6. The highest BCUT2D eigenvalue weighted by molar-refractivity contribution is 7.29. The van der Waals surface area contributed by atoms with Crippen LogP contribution >= 0.6 is 22.7 Å². The first-order chi connectivity index (χ1) is 41.7. The lowest BCUT2D eigenvalue weighted by atomic mass is 9.33. The number of thiophene rings is 2. The Hall–Kier alpha value is -9.28. The standard InChI is InChI=1S/C77H59BN2O4S2/c1-43(2)44-35-63-73-64(36-44)80(52-33-47(61-41-83-67-23-15-11-19-55(61)67)30-48(34-52)62-42-84-68-24-16-12-20-56(62)68)75-72(58-38-50(77(6,7)8)26-28-70(58)86-75)78(73)71-57-37-49(76(3,4)5)25-27-69(57)85-74(71)79(63)51-31-45(59-39-81-65-21-13-9-17-53(59)65)29-46(32-51)60-40-82-66-22-14-10-18-54(60)66/h9-43H,1-8H3. The SMILES string of the molecule is CC(C)c1cc2c3c(c1)N(c1cc(-c4coc5ccccc45)cc(-c4coc5ccccc45)c1)c1sc4ccc(C(C)(C)C)cc4c1B3c1c(sc3ccc(C(C)(C)C)cc13)N2c1cc(-c2coc3ccccc23)cc(-c2coc3ccccc23)c1. The van der Waals surface area contributed by atoms with Crippen LogP contribution in [0.1, 0.15) is 78.0 Å². The highest BCUT2D eigenvalue weighted by atomic mass is 32.1. The minimum Gasteiger partial charge on any atom is -0.464 e. The number of furan rings is 4. The minimum atomic E-state index is -0.136. The van der Waals surface area contributed by atoms with Crippen LogP contribution in [0.3, 0.4) is 0 Å². The zero-order valence-corrected chi connectivity index (χ0v) is 50.8. The largest absolute Gasteiger partial charge is 0.464 e. The van der Waals surface area contributed by atoms with E-state index in [-0.39, 0.29) is 23.5 Å². The Morgan fingerprint density at radius 2 is 0.709 bits per heavy atom. The number of anilines is 6. The monoisotopic (exact) mass is 1150 g/mol. The van der Waals surface area contributed by atoms with Gasteiger partial charge in [0.15, 0.2) is 0 Å². The first-order valence-corrected chi connectivity index (χ1v) is 31.4. The summed E-state index contributed by atoms with van der Waals surface area (Å²) in [5.74, 6) is 0.183. The van der Waals surface area contributed by atoms with Crippen LogP contribution < -0.4 is 26.2 Å². The van der Waals surface area contributed by atoms with Crippen molar-refractivity contribution >= 4 is 143 Å². The molecule has 0 amide bonds. The fourth-order valence-electron chi connectivity index (χ4n) is 13.7. The maximum absolute atomic E-state index is 6.38. The number of fused-ring (bicyclic) bond motifs is 12. The molecule has 9 aromatic carbocycles. The van der Waals surface area contributed by atoms with Crippen molar-refractivity contribution in [1.29, 1.82) is 0 Å². The normalized spacial score (nSPS) is 13.4. The molecule has 0 N–H and O–H groups in total. The molecule has 17 rings (SSSR count). The van der Waals surface area contributed by atoms with Gasteiger partial charge in [-0.25, -0.2) is 0 Å². The van der Waals surface area contributed by atoms with E-state index in [9.17, 15) is 0 Å². The maximum atomic E-state index is 6.38. The van der Waals surface area contributed by atoms with Crippen molar-refractivity contribution < 1.29 is 17.7 Å². The fraction of sp³-hybridized carbons (Fsp3) is 0.143. The molecule has 0 radical (unpaired) electrons. The molecule has 0 aliphatic carbocycles. The molecule has 0 saturated heterocycles. The van der Waals surface area contributed by atoms with Gasteiger partial charge in [0.1, 0.15) is 22.3 Å². The van der Waals surface area contributed by atoms with E-state index in [0.29, 0.717) is 0 Å². The highest BCUT2D eigenvalue weighted by Crippen LogP contribution is 2.54. The molecule has 9 heteroatoms. The van der Waals surface area contributed by atoms with E-state index < -0.39 is 0 Å². The summed E-state index contributed by atoms with van der Waals surface area (Å²) < 4.78 is 28.0. The van der Waals surface area contributed by atoms with Crippen molar-refractivity contribution in [2.24, 2.45) is 0 Å². The zero-order valence-electron chi connectivity index (χ0n) is 49.1. The van der Waals surface area contributed by atoms with E-state index in [4.69, 9.17) is 17.7 Å². The van der Waals surface area contributed by atoms with Crippen LogP contribution in [0.5, 0.6) is 0 Å². The van der Waals surface area contributed by atoms with Crippen molar-refractivity contribution in [3.05, 3.63) is 224 Å². The average molecular weight is 1150 g/mol. The lowest BCUT2D eigenvalue weighted by molar-refractivity contribution is 0.591. The number of rotatable bonds is 7. The molecule has 0 atom stereocenters. The predicted molar refractivity (Wildman–Crippen MR) is 364 cm³/mol. The fourth-order valence-corrected chi connectivity index (χ4v) is 16.3. The summed E-state index contributed by atoms with van der Waals surface area (Å²) in [7, 11) is 0. The predicted octanol–water partition coefficient (Wildman–Crippen LogP) is 21.6. The molecule has 86 heavy (non-hydrogen) atoms. The van der Waals surface area contributed by atoms with Crippen molar-refractivity contribution in [2.45, 2.75) is 72.1 Å².